The van der Waals surface area contributed by atoms with Gasteiger partial charge in [0.25, 0.3) is 0 Å². The van der Waals surface area contributed by atoms with Crippen molar-refractivity contribution in [1.29, 1.82) is 0 Å². The second-order valence-electron chi connectivity index (χ2n) is 4.39. The lowest BCUT2D eigenvalue weighted by molar-refractivity contribution is -0.148. The first-order valence-electron chi connectivity index (χ1n) is 5.59. The van der Waals surface area contributed by atoms with Crippen molar-refractivity contribution in [2.24, 2.45) is 5.92 Å². The average molecular weight is 269 g/mol. The van der Waals surface area contributed by atoms with E-state index in [1.807, 2.05) is 13.8 Å². The van der Waals surface area contributed by atoms with Crippen LogP contribution in [0.3, 0.4) is 0 Å². The van der Waals surface area contributed by atoms with Crippen molar-refractivity contribution < 1.29 is 27.5 Å². The molecule has 0 aromatic heterocycles. The maximum absolute atomic E-state index is 11.9. The number of nitrogens with one attached hydrogen (secondary N) is 1. The van der Waals surface area contributed by atoms with Gasteiger partial charge in [0.2, 0.25) is 5.91 Å². The Kier molecular flexibility index (Phi) is 6.72. The molecule has 4 nitrogen and oxygen atoms in total. The molecule has 1 unspecified atom stereocenters. The number of carbonyl (C=O) groups is 2. The van der Waals surface area contributed by atoms with Crippen LogP contribution in [0.2, 0.25) is 0 Å². The van der Waals surface area contributed by atoms with Gasteiger partial charge in [0.1, 0.15) is 6.04 Å². The van der Waals surface area contributed by atoms with Gasteiger partial charge in [-0.05, 0) is 12.3 Å². The van der Waals surface area contributed by atoms with Crippen LogP contribution in [0.4, 0.5) is 13.2 Å². The number of ether oxygens (including phenoxy) is 1. The Morgan fingerprint density at radius 1 is 1.28 bits per heavy atom. The normalized spacial score (nSPS) is 13.3. The highest BCUT2D eigenvalue weighted by Gasteiger charge is 2.29. The van der Waals surface area contributed by atoms with Crippen LogP contribution in [0, 0.1) is 5.92 Å². The molecule has 0 aromatic rings. The summed E-state index contributed by atoms with van der Waals surface area (Å²) >= 11 is 0. The molecule has 0 aliphatic carbocycles. The second-order valence-corrected chi connectivity index (χ2v) is 4.39. The van der Waals surface area contributed by atoms with Crippen molar-refractivity contribution in [2.75, 3.05) is 7.11 Å². The molecule has 0 heterocycles. The molecule has 0 aliphatic rings. The van der Waals surface area contributed by atoms with Gasteiger partial charge < -0.3 is 10.1 Å². The van der Waals surface area contributed by atoms with Gasteiger partial charge in [-0.3, -0.25) is 4.79 Å². The predicted octanol–water partition coefficient (Wildman–Crippen LogP) is 2.03. The first-order chi connectivity index (χ1) is 8.15. The molecule has 0 aromatic carbocycles. The summed E-state index contributed by atoms with van der Waals surface area (Å²) in [6, 6.07) is -0.893. The number of halogens is 3. The summed E-state index contributed by atoms with van der Waals surface area (Å²) < 4.78 is 40.2. The summed E-state index contributed by atoms with van der Waals surface area (Å²) in [5, 5.41) is 2.26. The van der Waals surface area contributed by atoms with E-state index in [9.17, 15) is 22.8 Å². The van der Waals surface area contributed by atoms with Crippen molar-refractivity contribution in [2.45, 2.75) is 45.3 Å². The Balaban J connectivity index is 4.31. The maximum Gasteiger partial charge on any atom is 0.389 e. The fourth-order valence-corrected chi connectivity index (χ4v) is 1.35. The van der Waals surface area contributed by atoms with Crippen molar-refractivity contribution in [3.63, 3.8) is 0 Å². The van der Waals surface area contributed by atoms with Gasteiger partial charge in [0.05, 0.1) is 13.5 Å². The molecule has 106 valence electrons. The van der Waals surface area contributed by atoms with E-state index in [4.69, 9.17) is 0 Å². The van der Waals surface area contributed by atoms with Gasteiger partial charge in [-0.25, -0.2) is 4.79 Å². The first kappa shape index (κ1) is 16.7. The molecular weight excluding hydrogens is 251 g/mol. The SMILES string of the molecule is COC(=O)C(CC(C)C)NC(=O)CCC(F)(F)F. The van der Waals surface area contributed by atoms with Crippen LogP contribution in [0.25, 0.3) is 0 Å². The predicted molar refractivity (Wildman–Crippen MR) is 58.7 cm³/mol. The third-order valence-electron chi connectivity index (χ3n) is 2.16. The van der Waals surface area contributed by atoms with Gasteiger partial charge in [-0.1, -0.05) is 13.8 Å². The lowest BCUT2D eigenvalue weighted by Crippen LogP contribution is -2.42. The quantitative estimate of drug-likeness (QED) is 0.751. The number of hydrogen-bond donors (Lipinski definition) is 1. The lowest BCUT2D eigenvalue weighted by Gasteiger charge is -2.18. The van der Waals surface area contributed by atoms with Crippen LogP contribution in [-0.2, 0) is 14.3 Å². The van der Waals surface area contributed by atoms with Crippen LogP contribution >= 0.6 is 0 Å². The molecule has 0 rings (SSSR count). The molecule has 1 amide bonds. The highest BCUT2D eigenvalue weighted by Crippen LogP contribution is 2.21. The highest BCUT2D eigenvalue weighted by atomic mass is 19.4. The van der Waals surface area contributed by atoms with E-state index in [-0.39, 0.29) is 5.92 Å². The Morgan fingerprint density at radius 2 is 1.83 bits per heavy atom. The number of rotatable bonds is 6. The maximum atomic E-state index is 11.9. The molecule has 1 atom stereocenters. The zero-order chi connectivity index (χ0) is 14.3. The van der Waals surface area contributed by atoms with Gasteiger partial charge in [0.15, 0.2) is 0 Å². The minimum absolute atomic E-state index is 0.108. The van der Waals surface area contributed by atoms with E-state index in [0.29, 0.717) is 6.42 Å². The Bertz CT molecular complexity index is 290. The van der Waals surface area contributed by atoms with E-state index >= 15 is 0 Å². The van der Waals surface area contributed by atoms with E-state index < -0.39 is 36.9 Å². The summed E-state index contributed by atoms with van der Waals surface area (Å²) in [7, 11) is 1.16. The molecule has 0 radical (unpaired) electrons. The number of alkyl halides is 3. The van der Waals surface area contributed by atoms with Crippen LogP contribution in [0.5, 0.6) is 0 Å². The monoisotopic (exact) mass is 269 g/mol. The Hall–Kier alpha value is -1.27. The summed E-state index contributed by atoms with van der Waals surface area (Å²) in [5.41, 5.74) is 0. The minimum atomic E-state index is -4.38. The van der Waals surface area contributed by atoms with E-state index in [2.05, 4.69) is 10.1 Å². The number of methoxy groups -OCH3 is 1. The molecule has 0 spiro atoms. The van der Waals surface area contributed by atoms with Crippen LogP contribution in [-0.4, -0.2) is 31.2 Å². The number of esters is 1. The van der Waals surface area contributed by atoms with Crippen molar-refractivity contribution >= 4 is 11.9 Å². The van der Waals surface area contributed by atoms with Crippen molar-refractivity contribution in [1.82, 2.24) is 5.32 Å². The molecule has 0 saturated carbocycles. The fraction of sp³-hybridized carbons (Fsp3) is 0.818. The van der Waals surface area contributed by atoms with Crippen LogP contribution in [0.1, 0.15) is 33.1 Å². The van der Waals surface area contributed by atoms with Gasteiger partial charge in [-0.2, -0.15) is 13.2 Å². The summed E-state index contributed by atoms with van der Waals surface area (Å²) in [4.78, 5) is 22.6. The third-order valence-corrected chi connectivity index (χ3v) is 2.16. The topological polar surface area (TPSA) is 55.4 Å². The largest absolute Gasteiger partial charge is 0.467 e. The molecule has 1 N–H and O–H groups in total. The average Bonchev–Trinajstić information content (AvgIpc) is 2.22. The van der Waals surface area contributed by atoms with Crippen molar-refractivity contribution in [3.05, 3.63) is 0 Å². The molecule has 0 aliphatic heterocycles. The Morgan fingerprint density at radius 3 is 2.22 bits per heavy atom. The smallest absolute Gasteiger partial charge is 0.389 e. The van der Waals surface area contributed by atoms with Gasteiger partial charge in [-0.15, -0.1) is 0 Å². The summed E-state index contributed by atoms with van der Waals surface area (Å²) in [5.74, 6) is -1.34. The molecule has 0 saturated heterocycles. The fourth-order valence-electron chi connectivity index (χ4n) is 1.35. The zero-order valence-electron chi connectivity index (χ0n) is 10.6. The highest BCUT2D eigenvalue weighted by molar-refractivity contribution is 5.84. The standard InChI is InChI=1S/C11H18F3NO3/c1-7(2)6-8(10(17)18-3)15-9(16)4-5-11(12,13)14/h7-8H,4-6H2,1-3H3,(H,15,16). The minimum Gasteiger partial charge on any atom is -0.467 e. The molecular formula is C11H18F3NO3. The number of amides is 1. The van der Waals surface area contributed by atoms with Crippen LogP contribution < -0.4 is 5.32 Å². The zero-order valence-corrected chi connectivity index (χ0v) is 10.6. The van der Waals surface area contributed by atoms with Crippen molar-refractivity contribution in [3.8, 4) is 0 Å². The third kappa shape index (κ3) is 7.92. The summed E-state index contributed by atoms with van der Waals surface area (Å²) in [6.07, 6.45) is -5.94. The van der Waals surface area contributed by atoms with Gasteiger partial charge >= 0.3 is 12.1 Å². The molecule has 7 heteroatoms. The number of carbonyl (C=O) groups excluding carboxylic acids is 2. The Labute approximate surface area is 104 Å². The van der Waals surface area contributed by atoms with Gasteiger partial charge in [0, 0.05) is 6.42 Å². The molecule has 0 bridgehead atoms. The lowest BCUT2D eigenvalue weighted by atomic mass is 10.0. The van der Waals surface area contributed by atoms with E-state index in [1.54, 1.807) is 0 Å². The first-order valence-corrected chi connectivity index (χ1v) is 5.59. The van der Waals surface area contributed by atoms with E-state index in [1.165, 1.54) is 0 Å². The number of hydrogen-bond acceptors (Lipinski definition) is 3. The molecule has 0 fully saturated rings. The second kappa shape index (κ2) is 7.23. The summed E-state index contributed by atoms with van der Waals surface area (Å²) in [6.45, 7) is 3.66. The van der Waals surface area contributed by atoms with Crippen LogP contribution in [0.15, 0.2) is 0 Å². The molecule has 18 heavy (non-hydrogen) atoms. The van der Waals surface area contributed by atoms with E-state index in [0.717, 1.165) is 7.11 Å².